The molecule has 0 bridgehead atoms. The second-order valence-corrected chi connectivity index (χ2v) is 6.11. The lowest BCUT2D eigenvalue weighted by Crippen LogP contribution is -2.50. The molecule has 2 aromatic rings. The summed E-state index contributed by atoms with van der Waals surface area (Å²) < 4.78 is 2.20. The molecule has 1 aromatic heterocycles. The number of benzene rings is 1. The highest BCUT2D eigenvalue weighted by Gasteiger charge is 2.34. The van der Waals surface area contributed by atoms with Gasteiger partial charge in [0.05, 0.1) is 5.60 Å². The summed E-state index contributed by atoms with van der Waals surface area (Å²) in [5, 5.41) is 16.7. The molecule has 1 fully saturated rings. The monoisotopic (exact) mass is 301 g/mol. The first-order valence-corrected chi connectivity index (χ1v) is 7.94. The van der Waals surface area contributed by atoms with Crippen molar-refractivity contribution in [2.45, 2.75) is 37.8 Å². The van der Waals surface area contributed by atoms with Crippen molar-refractivity contribution in [1.29, 1.82) is 0 Å². The summed E-state index contributed by atoms with van der Waals surface area (Å²) in [5.41, 5.74) is 0.556. The second kappa shape index (κ2) is 6.40. The number of para-hydroxylation sites is 1. The van der Waals surface area contributed by atoms with E-state index in [-0.39, 0.29) is 6.03 Å². The third-order valence-electron chi connectivity index (χ3n) is 4.40. The molecule has 1 aliphatic carbocycles. The average molecular weight is 301 g/mol. The molecule has 5 nitrogen and oxygen atoms in total. The molecule has 0 aliphatic heterocycles. The highest BCUT2D eigenvalue weighted by molar-refractivity contribution is 5.79. The summed E-state index contributed by atoms with van der Waals surface area (Å²) >= 11 is 0. The number of hydrogen-bond acceptors (Lipinski definition) is 2. The average Bonchev–Trinajstić information content (AvgIpc) is 2.91. The minimum Gasteiger partial charge on any atom is -0.388 e. The smallest absolute Gasteiger partial charge is 0.314 e. The maximum Gasteiger partial charge on any atom is 0.314 e. The van der Waals surface area contributed by atoms with E-state index in [1.807, 2.05) is 12.1 Å². The number of urea groups is 1. The summed E-state index contributed by atoms with van der Waals surface area (Å²) in [7, 11) is 0. The van der Waals surface area contributed by atoms with E-state index in [0.29, 0.717) is 13.1 Å². The van der Waals surface area contributed by atoms with Gasteiger partial charge in [-0.2, -0.15) is 0 Å². The molecular formula is C17H23N3O2. The Balaban J connectivity index is 1.37. The number of rotatable bonds is 6. The maximum atomic E-state index is 11.7. The number of carbonyl (C=O) groups is 1. The first-order chi connectivity index (χ1) is 10.7. The van der Waals surface area contributed by atoms with Crippen LogP contribution in [0.1, 0.15) is 25.7 Å². The fourth-order valence-corrected chi connectivity index (χ4v) is 2.86. The van der Waals surface area contributed by atoms with Crippen molar-refractivity contribution in [3.05, 3.63) is 36.5 Å². The predicted octanol–water partition coefficient (Wildman–Crippen LogP) is 2.25. The van der Waals surface area contributed by atoms with Crippen molar-refractivity contribution in [2.75, 3.05) is 13.1 Å². The normalized spacial score (nSPS) is 16.2. The Morgan fingerprint density at radius 1 is 1.23 bits per heavy atom. The van der Waals surface area contributed by atoms with E-state index < -0.39 is 5.60 Å². The van der Waals surface area contributed by atoms with Crippen molar-refractivity contribution in [2.24, 2.45) is 0 Å². The lowest BCUT2D eigenvalue weighted by atomic mass is 9.80. The predicted molar refractivity (Wildman–Crippen MR) is 86.8 cm³/mol. The number of carbonyl (C=O) groups excluding carboxylic acids is 1. The van der Waals surface area contributed by atoms with Gasteiger partial charge in [0.1, 0.15) is 0 Å². The molecular weight excluding hydrogens is 278 g/mol. The van der Waals surface area contributed by atoms with Crippen LogP contribution in [0, 0.1) is 0 Å². The van der Waals surface area contributed by atoms with Gasteiger partial charge >= 0.3 is 6.03 Å². The van der Waals surface area contributed by atoms with Gasteiger partial charge in [-0.15, -0.1) is 0 Å². The maximum absolute atomic E-state index is 11.7. The zero-order valence-electron chi connectivity index (χ0n) is 12.7. The van der Waals surface area contributed by atoms with E-state index >= 15 is 0 Å². The molecule has 2 amide bonds. The SMILES string of the molecule is O=C(NCCCn1ccc2ccccc21)NCC1(O)CCC1. The second-order valence-electron chi connectivity index (χ2n) is 6.11. The lowest BCUT2D eigenvalue weighted by molar-refractivity contribution is -0.0290. The molecule has 1 heterocycles. The van der Waals surface area contributed by atoms with Gasteiger partial charge in [0, 0.05) is 31.3 Å². The Bertz CT molecular complexity index is 646. The first kappa shape index (κ1) is 14.9. The van der Waals surface area contributed by atoms with Crippen molar-refractivity contribution < 1.29 is 9.90 Å². The van der Waals surface area contributed by atoms with Gasteiger partial charge in [-0.25, -0.2) is 4.79 Å². The van der Waals surface area contributed by atoms with Crippen LogP contribution in [0.25, 0.3) is 10.9 Å². The minimum atomic E-state index is -0.665. The van der Waals surface area contributed by atoms with Gasteiger partial charge in [-0.1, -0.05) is 18.2 Å². The van der Waals surface area contributed by atoms with E-state index in [2.05, 4.69) is 39.6 Å². The Kier molecular flexibility index (Phi) is 4.34. The van der Waals surface area contributed by atoms with E-state index in [0.717, 1.165) is 32.2 Å². The molecule has 0 radical (unpaired) electrons. The number of nitrogens with zero attached hydrogens (tertiary/aromatic N) is 1. The third kappa shape index (κ3) is 3.42. The minimum absolute atomic E-state index is 0.197. The van der Waals surface area contributed by atoms with Gasteiger partial charge in [0.25, 0.3) is 0 Å². The summed E-state index contributed by atoms with van der Waals surface area (Å²) in [4.78, 5) is 11.7. The van der Waals surface area contributed by atoms with E-state index in [9.17, 15) is 9.90 Å². The van der Waals surface area contributed by atoms with Gasteiger partial charge in [-0.05, 0) is 43.2 Å². The summed E-state index contributed by atoms with van der Waals surface area (Å²) in [5.74, 6) is 0. The zero-order valence-corrected chi connectivity index (χ0v) is 12.7. The Labute approximate surface area is 130 Å². The molecule has 3 N–H and O–H groups in total. The third-order valence-corrected chi connectivity index (χ3v) is 4.40. The highest BCUT2D eigenvalue weighted by atomic mass is 16.3. The molecule has 0 unspecified atom stereocenters. The molecule has 1 aliphatic rings. The first-order valence-electron chi connectivity index (χ1n) is 7.94. The van der Waals surface area contributed by atoms with Crippen LogP contribution in [0.2, 0.25) is 0 Å². The Morgan fingerprint density at radius 2 is 2.05 bits per heavy atom. The number of aromatic nitrogens is 1. The molecule has 0 spiro atoms. The van der Waals surface area contributed by atoms with Crippen molar-refractivity contribution in [1.82, 2.24) is 15.2 Å². The van der Waals surface area contributed by atoms with E-state index in [1.54, 1.807) is 0 Å². The molecule has 22 heavy (non-hydrogen) atoms. The van der Waals surface area contributed by atoms with E-state index in [1.165, 1.54) is 10.9 Å². The van der Waals surface area contributed by atoms with Crippen molar-refractivity contribution in [3.8, 4) is 0 Å². The highest BCUT2D eigenvalue weighted by Crippen LogP contribution is 2.30. The van der Waals surface area contributed by atoms with Crippen molar-refractivity contribution in [3.63, 3.8) is 0 Å². The van der Waals surface area contributed by atoms with Crippen LogP contribution in [0.5, 0.6) is 0 Å². The van der Waals surface area contributed by atoms with Crippen LogP contribution in [0.15, 0.2) is 36.5 Å². The zero-order chi connectivity index (χ0) is 15.4. The Hall–Kier alpha value is -2.01. The molecule has 5 heteroatoms. The summed E-state index contributed by atoms with van der Waals surface area (Å²) in [6.07, 6.45) is 5.57. The Morgan fingerprint density at radius 3 is 2.82 bits per heavy atom. The number of aliphatic hydroxyl groups is 1. The number of nitrogens with one attached hydrogen (secondary N) is 2. The molecule has 118 valence electrons. The largest absolute Gasteiger partial charge is 0.388 e. The molecule has 3 rings (SSSR count). The van der Waals surface area contributed by atoms with Gasteiger partial charge in [0.2, 0.25) is 0 Å². The quantitative estimate of drug-likeness (QED) is 0.716. The van der Waals surface area contributed by atoms with Crippen LogP contribution < -0.4 is 10.6 Å². The van der Waals surface area contributed by atoms with E-state index in [4.69, 9.17) is 0 Å². The standard InChI is InChI=1S/C17H23N3O2/c21-16(19-13-17(22)8-3-9-17)18-10-4-11-20-12-7-14-5-1-2-6-15(14)20/h1-2,5-7,12,22H,3-4,8-11,13H2,(H2,18,19,21). The van der Waals surface area contributed by atoms with Crippen LogP contribution in [-0.2, 0) is 6.54 Å². The van der Waals surface area contributed by atoms with Crippen molar-refractivity contribution >= 4 is 16.9 Å². The summed E-state index contributed by atoms with van der Waals surface area (Å²) in [6, 6.07) is 10.2. The van der Waals surface area contributed by atoms with Crippen LogP contribution in [0.3, 0.4) is 0 Å². The lowest BCUT2D eigenvalue weighted by Gasteiger charge is -2.36. The van der Waals surface area contributed by atoms with Crippen LogP contribution in [-0.4, -0.2) is 34.4 Å². The molecule has 1 saturated carbocycles. The molecule has 0 atom stereocenters. The fourth-order valence-electron chi connectivity index (χ4n) is 2.86. The van der Waals surface area contributed by atoms with Crippen LogP contribution >= 0.6 is 0 Å². The van der Waals surface area contributed by atoms with Gasteiger partial charge in [0.15, 0.2) is 0 Å². The van der Waals surface area contributed by atoms with Gasteiger partial charge < -0.3 is 20.3 Å². The summed E-state index contributed by atoms with van der Waals surface area (Å²) in [6.45, 7) is 1.84. The van der Waals surface area contributed by atoms with Crippen LogP contribution in [0.4, 0.5) is 4.79 Å². The number of hydrogen-bond donors (Lipinski definition) is 3. The number of fused-ring (bicyclic) bond motifs is 1. The van der Waals surface area contributed by atoms with Gasteiger partial charge in [-0.3, -0.25) is 0 Å². The fraction of sp³-hybridized carbons (Fsp3) is 0.471. The number of aryl methyl sites for hydroxylation is 1. The topological polar surface area (TPSA) is 66.3 Å². The molecule has 0 saturated heterocycles. The molecule has 1 aromatic carbocycles. The number of amides is 2.